The third kappa shape index (κ3) is 4.27. The van der Waals surface area contributed by atoms with Crippen molar-refractivity contribution in [3.8, 4) is 0 Å². The van der Waals surface area contributed by atoms with E-state index in [9.17, 15) is 13.2 Å². The van der Waals surface area contributed by atoms with Crippen LogP contribution in [0.4, 0.5) is 19.0 Å². The molecule has 0 fully saturated rings. The van der Waals surface area contributed by atoms with Gasteiger partial charge in [0.05, 0.1) is 5.56 Å². The number of nitrogens with zero attached hydrogens (tertiary/aromatic N) is 1. The van der Waals surface area contributed by atoms with Gasteiger partial charge in [-0.3, -0.25) is 0 Å². The Bertz CT molecular complexity index is 378. The lowest BCUT2D eigenvalue weighted by molar-refractivity contribution is -0.137. The molecule has 1 aromatic heterocycles. The molecule has 1 heterocycles. The van der Waals surface area contributed by atoms with Crippen molar-refractivity contribution in [1.82, 2.24) is 4.98 Å². The van der Waals surface area contributed by atoms with Crippen LogP contribution < -0.4 is 5.32 Å². The second-order valence-electron chi connectivity index (χ2n) is 4.62. The SMILES string of the molecule is CCC(CC)(CCl)CNc1ccc(C(F)(F)F)cn1. The van der Waals surface area contributed by atoms with Crippen LogP contribution >= 0.6 is 11.6 Å². The molecule has 0 spiro atoms. The van der Waals surface area contributed by atoms with E-state index in [2.05, 4.69) is 10.3 Å². The lowest BCUT2D eigenvalue weighted by Gasteiger charge is -2.29. The van der Waals surface area contributed by atoms with Crippen molar-refractivity contribution >= 4 is 17.4 Å². The molecular weight excluding hydrogens is 277 g/mol. The van der Waals surface area contributed by atoms with Crippen molar-refractivity contribution in [2.45, 2.75) is 32.9 Å². The summed E-state index contributed by atoms with van der Waals surface area (Å²) in [5.41, 5.74) is -0.793. The Hall–Kier alpha value is -0.970. The van der Waals surface area contributed by atoms with Crippen molar-refractivity contribution < 1.29 is 13.2 Å². The highest BCUT2D eigenvalue weighted by Crippen LogP contribution is 2.30. The maximum atomic E-state index is 12.4. The van der Waals surface area contributed by atoms with Gasteiger partial charge in [-0.05, 0) is 25.0 Å². The van der Waals surface area contributed by atoms with E-state index in [1.165, 1.54) is 6.07 Å². The largest absolute Gasteiger partial charge is 0.417 e. The van der Waals surface area contributed by atoms with Gasteiger partial charge in [-0.15, -0.1) is 11.6 Å². The summed E-state index contributed by atoms with van der Waals surface area (Å²) < 4.78 is 37.1. The van der Waals surface area contributed by atoms with Gasteiger partial charge in [-0.25, -0.2) is 4.98 Å². The molecule has 0 unspecified atom stereocenters. The average Bonchev–Trinajstić information content (AvgIpc) is 2.40. The number of halogens is 4. The topological polar surface area (TPSA) is 24.9 Å². The number of hydrogen-bond acceptors (Lipinski definition) is 2. The third-order valence-electron chi connectivity index (χ3n) is 3.52. The van der Waals surface area contributed by atoms with E-state index in [-0.39, 0.29) is 5.41 Å². The Kier molecular flexibility index (Phi) is 5.47. The molecule has 0 saturated carbocycles. The summed E-state index contributed by atoms with van der Waals surface area (Å²) in [5.74, 6) is 0.942. The fourth-order valence-electron chi connectivity index (χ4n) is 1.68. The minimum absolute atomic E-state index is 0.0497. The molecule has 1 aromatic rings. The fraction of sp³-hybridized carbons (Fsp3) is 0.615. The third-order valence-corrected chi connectivity index (χ3v) is 4.09. The second kappa shape index (κ2) is 6.46. The molecule has 0 aliphatic heterocycles. The fourth-order valence-corrected chi connectivity index (χ4v) is 2.15. The van der Waals surface area contributed by atoms with Crippen LogP contribution in [0.3, 0.4) is 0 Å². The second-order valence-corrected chi connectivity index (χ2v) is 4.89. The molecule has 1 rings (SSSR count). The number of alkyl halides is 4. The molecule has 19 heavy (non-hydrogen) atoms. The van der Waals surface area contributed by atoms with Crippen LogP contribution in [0.2, 0.25) is 0 Å². The predicted octanol–water partition coefficient (Wildman–Crippen LogP) is 4.56. The first-order valence-corrected chi connectivity index (χ1v) is 6.73. The number of aromatic nitrogens is 1. The number of pyridine rings is 1. The van der Waals surface area contributed by atoms with Gasteiger partial charge in [0.25, 0.3) is 0 Å². The summed E-state index contributed by atoms with van der Waals surface area (Å²) >= 11 is 5.97. The molecule has 0 saturated heterocycles. The van der Waals surface area contributed by atoms with Gasteiger partial charge >= 0.3 is 6.18 Å². The summed E-state index contributed by atoms with van der Waals surface area (Å²) in [7, 11) is 0. The molecule has 0 bridgehead atoms. The van der Waals surface area contributed by atoms with Gasteiger partial charge in [-0.2, -0.15) is 13.2 Å². The van der Waals surface area contributed by atoms with Crippen LogP contribution in [0.15, 0.2) is 18.3 Å². The Balaban J connectivity index is 2.69. The number of rotatable bonds is 6. The Labute approximate surface area is 116 Å². The molecule has 1 N–H and O–H groups in total. The molecule has 0 amide bonds. The lowest BCUT2D eigenvalue weighted by Crippen LogP contribution is -2.30. The molecule has 0 aliphatic carbocycles. The van der Waals surface area contributed by atoms with Crippen molar-refractivity contribution in [3.05, 3.63) is 23.9 Å². The normalized spacial score (nSPS) is 12.5. The maximum Gasteiger partial charge on any atom is 0.417 e. The van der Waals surface area contributed by atoms with Crippen molar-refractivity contribution in [1.29, 1.82) is 0 Å². The minimum Gasteiger partial charge on any atom is -0.369 e. The lowest BCUT2D eigenvalue weighted by atomic mass is 9.84. The van der Waals surface area contributed by atoms with Gasteiger partial charge in [0.2, 0.25) is 0 Å². The standard InChI is InChI=1S/C13H18ClF3N2/c1-3-12(4-2,8-14)9-19-11-6-5-10(7-18-11)13(15,16)17/h5-7H,3-4,8-9H2,1-2H3,(H,18,19). The Morgan fingerprint density at radius 3 is 2.21 bits per heavy atom. The van der Waals surface area contributed by atoms with E-state index >= 15 is 0 Å². The molecule has 0 aromatic carbocycles. The molecule has 0 radical (unpaired) electrons. The zero-order valence-corrected chi connectivity index (χ0v) is 11.8. The van der Waals surface area contributed by atoms with Gasteiger partial charge in [0.15, 0.2) is 0 Å². The highest BCUT2D eigenvalue weighted by Gasteiger charge is 2.30. The smallest absolute Gasteiger partial charge is 0.369 e. The maximum absolute atomic E-state index is 12.4. The van der Waals surface area contributed by atoms with Crippen LogP contribution in [-0.2, 0) is 6.18 Å². The van der Waals surface area contributed by atoms with E-state index in [0.717, 1.165) is 25.1 Å². The van der Waals surface area contributed by atoms with Crippen LogP contribution in [0.25, 0.3) is 0 Å². The molecule has 0 aliphatic rings. The molecule has 2 nitrogen and oxygen atoms in total. The number of anilines is 1. The summed E-state index contributed by atoms with van der Waals surface area (Å²) in [5, 5.41) is 3.05. The first-order chi connectivity index (χ1) is 8.87. The van der Waals surface area contributed by atoms with E-state index in [4.69, 9.17) is 11.6 Å². The summed E-state index contributed by atoms with van der Waals surface area (Å²) in [6, 6.07) is 2.36. The van der Waals surface area contributed by atoms with Crippen LogP contribution in [0.5, 0.6) is 0 Å². The first-order valence-electron chi connectivity index (χ1n) is 6.20. The van der Waals surface area contributed by atoms with Crippen molar-refractivity contribution in [2.75, 3.05) is 17.7 Å². The average molecular weight is 295 g/mol. The summed E-state index contributed by atoms with van der Waals surface area (Å²) in [6.07, 6.45) is -1.71. The quantitative estimate of drug-likeness (QED) is 0.778. The predicted molar refractivity (Wildman–Crippen MR) is 71.5 cm³/mol. The molecule has 0 atom stereocenters. The van der Waals surface area contributed by atoms with E-state index in [1.54, 1.807) is 0 Å². The Morgan fingerprint density at radius 2 is 1.84 bits per heavy atom. The highest BCUT2D eigenvalue weighted by atomic mass is 35.5. The van der Waals surface area contributed by atoms with Gasteiger partial charge in [-0.1, -0.05) is 13.8 Å². The minimum atomic E-state index is -4.35. The van der Waals surface area contributed by atoms with Crippen LogP contribution in [-0.4, -0.2) is 17.4 Å². The first kappa shape index (κ1) is 16.1. The molecule has 6 heteroatoms. The van der Waals surface area contributed by atoms with E-state index < -0.39 is 11.7 Å². The van der Waals surface area contributed by atoms with Gasteiger partial charge in [0, 0.05) is 24.0 Å². The monoisotopic (exact) mass is 294 g/mol. The van der Waals surface area contributed by atoms with Crippen molar-refractivity contribution in [2.24, 2.45) is 5.41 Å². The van der Waals surface area contributed by atoms with Gasteiger partial charge < -0.3 is 5.32 Å². The molecular formula is C13H18ClF3N2. The Morgan fingerprint density at radius 1 is 1.21 bits per heavy atom. The summed E-state index contributed by atoms with van der Waals surface area (Å²) in [4.78, 5) is 3.78. The van der Waals surface area contributed by atoms with E-state index in [0.29, 0.717) is 18.2 Å². The van der Waals surface area contributed by atoms with Crippen LogP contribution in [0.1, 0.15) is 32.3 Å². The van der Waals surface area contributed by atoms with Gasteiger partial charge in [0.1, 0.15) is 5.82 Å². The number of nitrogens with one attached hydrogen (secondary N) is 1. The zero-order chi connectivity index (χ0) is 14.5. The highest BCUT2D eigenvalue weighted by molar-refractivity contribution is 6.18. The molecule has 108 valence electrons. The van der Waals surface area contributed by atoms with Crippen molar-refractivity contribution in [3.63, 3.8) is 0 Å². The van der Waals surface area contributed by atoms with E-state index in [1.807, 2.05) is 13.8 Å². The number of hydrogen-bond donors (Lipinski definition) is 1. The zero-order valence-electron chi connectivity index (χ0n) is 11.0. The summed E-state index contributed by atoms with van der Waals surface area (Å²) in [6.45, 7) is 4.70. The van der Waals surface area contributed by atoms with Crippen LogP contribution in [0, 0.1) is 5.41 Å².